The second-order valence-electron chi connectivity index (χ2n) is 6.82. The summed E-state index contributed by atoms with van der Waals surface area (Å²) in [6, 6.07) is 0.647. The Morgan fingerprint density at radius 3 is 2.96 bits per heavy atom. The van der Waals surface area contributed by atoms with Crippen molar-refractivity contribution >= 4 is 11.6 Å². The van der Waals surface area contributed by atoms with Crippen LogP contribution < -0.4 is 0 Å². The molecule has 0 unspecified atom stereocenters. The molecule has 122 valence electrons. The molecule has 5 rings (SSSR count). The number of hydrogen-bond donors (Lipinski definition) is 1. The minimum absolute atomic E-state index is 0.144. The normalized spacial score (nSPS) is 25.8. The molecule has 0 spiro atoms. The molecule has 3 aliphatic heterocycles. The number of aromatic carboxylic acids is 1. The topological polar surface area (TPSA) is 74.0 Å². The Morgan fingerprint density at radius 2 is 2.17 bits per heavy atom. The van der Waals surface area contributed by atoms with Crippen molar-refractivity contribution in [2.75, 3.05) is 26.7 Å². The Balaban J connectivity index is 1.55. The number of carboxylic acid groups (broad SMARTS) is 1. The molecule has 7 heteroatoms. The third kappa shape index (κ3) is 2.70. The number of aromatic nitrogens is 3. The predicted octanol–water partition coefficient (Wildman–Crippen LogP) is 0.953. The second-order valence-corrected chi connectivity index (χ2v) is 6.82. The van der Waals surface area contributed by atoms with Gasteiger partial charge >= 0.3 is 5.97 Å². The summed E-state index contributed by atoms with van der Waals surface area (Å²) in [5, 5.41) is 13.2. The first-order chi connectivity index (χ1) is 11.1. The minimum Gasteiger partial charge on any atom is -0.477 e. The number of carboxylic acids is 1. The van der Waals surface area contributed by atoms with Crippen LogP contribution in [0, 0.1) is 5.92 Å². The fourth-order valence-electron chi connectivity index (χ4n) is 3.95. The highest BCUT2D eigenvalue weighted by Gasteiger charge is 2.32. The van der Waals surface area contributed by atoms with Gasteiger partial charge in [-0.25, -0.2) is 14.3 Å². The van der Waals surface area contributed by atoms with Crippen LogP contribution in [0.4, 0.5) is 0 Å². The molecule has 2 aromatic rings. The van der Waals surface area contributed by atoms with Gasteiger partial charge in [0.15, 0.2) is 5.65 Å². The zero-order chi connectivity index (χ0) is 16.0. The van der Waals surface area contributed by atoms with E-state index >= 15 is 0 Å². The van der Waals surface area contributed by atoms with Crippen molar-refractivity contribution in [2.45, 2.75) is 25.4 Å². The molecule has 0 radical (unpaired) electrons. The third-order valence-electron chi connectivity index (χ3n) is 5.11. The number of rotatable bonds is 3. The summed E-state index contributed by atoms with van der Waals surface area (Å²) in [4.78, 5) is 20.4. The molecule has 2 atom stereocenters. The second kappa shape index (κ2) is 5.58. The van der Waals surface area contributed by atoms with Crippen LogP contribution in [0.2, 0.25) is 0 Å². The van der Waals surface area contributed by atoms with Crippen molar-refractivity contribution in [3.8, 4) is 0 Å². The van der Waals surface area contributed by atoms with Gasteiger partial charge in [-0.15, -0.1) is 0 Å². The van der Waals surface area contributed by atoms with Crippen LogP contribution in [0.5, 0.6) is 0 Å². The Hall–Kier alpha value is -1.99. The van der Waals surface area contributed by atoms with Gasteiger partial charge in [-0.05, 0) is 25.8 Å². The molecule has 0 aromatic carbocycles. The van der Waals surface area contributed by atoms with E-state index in [9.17, 15) is 4.79 Å². The maximum Gasteiger partial charge on any atom is 0.341 e. The number of carbonyl (C=O) groups is 1. The van der Waals surface area contributed by atoms with Crippen LogP contribution in [0.15, 0.2) is 18.6 Å². The minimum atomic E-state index is -0.993. The van der Waals surface area contributed by atoms with Gasteiger partial charge < -0.3 is 10.0 Å². The average Bonchev–Trinajstić information content (AvgIpc) is 2.75. The zero-order valence-corrected chi connectivity index (χ0v) is 13.2. The van der Waals surface area contributed by atoms with Crippen LogP contribution in [-0.2, 0) is 6.54 Å². The summed E-state index contributed by atoms with van der Waals surface area (Å²) in [6.45, 7) is 4.24. The van der Waals surface area contributed by atoms with Gasteiger partial charge in [0, 0.05) is 50.2 Å². The Kier molecular flexibility index (Phi) is 3.54. The molecule has 3 saturated heterocycles. The number of piperidine rings is 1. The smallest absolute Gasteiger partial charge is 0.341 e. The van der Waals surface area contributed by atoms with Gasteiger partial charge in [0.1, 0.15) is 5.56 Å². The molecule has 7 nitrogen and oxygen atoms in total. The maximum absolute atomic E-state index is 11.1. The highest BCUT2D eigenvalue weighted by atomic mass is 16.4. The van der Waals surface area contributed by atoms with Crippen molar-refractivity contribution in [3.05, 3.63) is 29.7 Å². The predicted molar refractivity (Wildman–Crippen MR) is 84.4 cm³/mol. The Bertz CT molecular complexity index is 743. The number of likely N-dealkylation sites (N-methyl/N-ethyl adjacent to an activating group) is 1. The van der Waals surface area contributed by atoms with Gasteiger partial charge in [0.2, 0.25) is 0 Å². The Labute approximate surface area is 134 Å². The molecule has 0 amide bonds. The van der Waals surface area contributed by atoms with E-state index in [-0.39, 0.29) is 5.56 Å². The molecule has 3 aliphatic rings. The van der Waals surface area contributed by atoms with E-state index in [4.69, 9.17) is 5.11 Å². The first kappa shape index (κ1) is 14.6. The maximum atomic E-state index is 11.1. The van der Waals surface area contributed by atoms with Gasteiger partial charge in [-0.1, -0.05) is 0 Å². The van der Waals surface area contributed by atoms with Crippen LogP contribution in [0.25, 0.3) is 5.65 Å². The van der Waals surface area contributed by atoms with Crippen molar-refractivity contribution < 1.29 is 9.90 Å². The zero-order valence-electron chi connectivity index (χ0n) is 13.2. The van der Waals surface area contributed by atoms with Crippen molar-refractivity contribution in [2.24, 2.45) is 5.92 Å². The lowest BCUT2D eigenvalue weighted by Crippen LogP contribution is -2.40. The third-order valence-corrected chi connectivity index (χ3v) is 5.11. The molecular weight excluding hydrogens is 294 g/mol. The summed E-state index contributed by atoms with van der Waals surface area (Å²) in [5.41, 5.74) is 1.62. The fourth-order valence-corrected chi connectivity index (χ4v) is 3.95. The molecule has 2 aromatic heterocycles. The molecule has 5 heterocycles. The van der Waals surface area contributed by atoms with Gasteiger partial charge in [-0.2, -0.15) is 5.10 Å². The summed E-state index contributed by atoms with van der Waals surface area (Å²) in [5.74, 6) is -0.244. The average molecular weight is 315 g/mol. The highest BCUT2D eigenvalue weighted by molar-refractivity contribution is 5.93. The molecule has 1 N–H and O–H groups in total. The Morgan fingerprint density at radius 1 is 1.30 bits per heavy atom. The molecule has 0 aliphatic carbocycles. The number of nitrogens with zero attached hydrogens (tertiary/aromatic N) is 5. The first-order valence-corrected chi connectivity index (χ1v) is 8.08. The van der Waals surface area contributed by atoms with Crippen molar-refractivity contribution in [1.82, 2.24) is 24.4 Å². The van der Waals surface area contributed by atoms with E-state index < -0.39 is 5.97 Å². The highest BCUT2D eigenvalue weighted by Crippen LogP contribution is 2.27. The van der Waals surface area contributed by atoms with Crippen LogP contribution in [0.1, 0.15) is 28.8 Å². The van der Waals surface area contributed by atoms with E-state index in [0.29, 0.717) is 11.7 Å². The monoisotopic (exact) mass is 315 g/mol. The number of hydrogen-bond acceptors (Lipinski definition) is 5. The van der Waals surface area contributed by atoms with E-state index in [1.54, 1.807) is 10.7 Å². The van der Waals surface area contributed by atoms with Crippen LogP contribution in [-0.4, -0.2) is 68.2 Å². The quantitative estimate of drug-likeness (QED) is 0.909. The molecule has 3 fully saturated rings. The first-order valence-electron chi connectivity index (χ1n) is 8.08. The molecule has 0 saturated carbocycles. The fraction of sp³-hybridized carbons (Fsp3) is 0.562. The summed E-state index contributed by atoms with van der Waals surface area (Å²) < 4.78 is 1.57. The summed E-state index contributed by atoms with van der Waals surface area (Å²) in [7, 11) is 2.23. The lowest BCUT2D eigenvalue weighted by Gasteiger charge is -2.32. The van der Waals surface area contributed by atoms with Gasteiger partial charge in [0.05, 0.1) is 6.20 Å². The summed E-state index contributed by atoms with van der Waals surface area (Å²) >= 11 is 0. The van der Waals surface area contributed by atoms with Crippen LogP contribution >= 0.6 is 0 Å². The standard InChI is InChI=1S/C16H21N5O2/c1-19-6-11-2-3-13(19)10-20(7-11)8-12-4-17-15-14(16(22)23)5-18-21(15)9-12/h4-5,9,11,13H,2-3,6-8,10H2,1H3,(H,22,23)/t11-,13-/m1/s1. The molecular formula is C16H21N5O2. The van der Waals surface area contributed by atoms with Gasteiger partial charge in [0.25, 0.3) is 0 Å². The lowest BCUT2D eigenvalue weighted by molar-refractivity contribution is 0.0698. The largest absolute Gasteiger partial charge is 0.477 e. The van der Waals surface area contributed by atoms with E-state index in [1.165, 1.54) is 25.6 Å². The summed E-state index contributed by atoms with van der Waals surface area (Å²) in [6.07, 6.45) is 7.64. The van der Waals surface area contributed by atoms with E-state index in [0.717, 1.165) is 31.1 Å². The van der Waals surface area contributed by atoms with Crippen molar-refractivity contribution in [1.29, 1.82) is 0 Å². The SMILES string of the molecule is CN1C[C@H]2CC[C@@H]1CN(Cc1cnc3c(C(=O)O)cnn3c1)C2. The van der Waals surface area contributed by atoms with Crippen LogP contribution in [0.3, 0.4) is 0 Å². The molecule has 2 bridgehead atoms. The number of fused-ring (bicyclic) bond motifs is 5. The van der Waals surface area contributed by atoms with Gasteiger partial charge in [-0.3, -0.25) is 4.90 Å². The lowest BCUT2D eigenvalue weighted by atomic mass is 9.96. The molecule has 23 heavy (non-hydrogen) atoms. The van der Waals surface area contributed by atoms with E-state index in [2.05, 4.69) is 26.9 Å². The van der Waals surface area contributed by atoms with E-state index in [1.807, 2.05) is 6.20 Å². The van der Waals surface area contributed by atoms with Crippen molar-refractivity contribution in [3.63, 3.8) is 0 Å².